The van der Waals surface area contributed by atoms with Crippen molar-refractivity contribution in [2.24, 2.45) is 0 Å². The molecular formula is C19H12F3N5O2S2. The molecule has 0 atom stereocenters. The number of carbonyl (C=O) groups is 2. The van der Waals surface area contributed by atoms with Crippen LogP contribution in [0.3, 0.4) is 0 Å². The summed E-state index contributed by atoms with van der Waals surface area (Å²) in [6.07, 6.45) is -4.53. The van der Waals surface area contributed by atoms with Crippen LogP contribution in [-0.4, -0.2) is 31.4 Å². The Morgan fingerprint density at radius 1 is 1.10 bits per heavy atom. The first-order chi connectivity index (χ1) is 14.7. The summed E-state index contributed by atoms with van der Waals surface area (Å²) in [5.41, 5.74) is -0.525. The fourth-order valence-electron chi connectivity index (χ4n) is 2.61. The minimum Gasteiger partial charge on any atom is -0.295 e. The third kappa shape index (κ3) is 4.39. The highest BCUT2D eigenvalue weighted by atomic mass is 32.1. The number of Topliss-reactive ketones (excluding diaryl/α,β-unsaturated/α-hetero) is 1. The average Bonchev–Trinajstić information content (AvgIpc) is 3.47. The standard InChI is InChI=1S/C19H12F3N5O2S2/c1-10(28)13-9-31-18(23-13)25-17(29)15-24-16(14-6-3-7-30-14)27(26-15)12-5-2-4-11(8-12)19(20,21)22/h2-9H,1H3,(H,23,25,29). The molecule has 3 heterocycles. The predicted octanol–water partition coefficient (Wildman–Crippen LogP) is 4.93. The monoisotopic (exact) mass is 463 g/mol. The van der Waals surface area contributed by atoms with E-state index in [1.807, 2.05) is 0 Å². The van der Waals surface area contributed by atoms with Crippen LogP contribution in [0.5, 0.6) is 0 Å². The number of alkyl halides is 3. The van der Waals surface area contributed by atoms with Gasteiger partial charge in [-0.25, -0.2) is 14.6 Å². The summed E-state index contributed by atoms with van der Waals surface area (Å²) in [5, 5.41) is 10.1. The first-order valence-corrected chi connectivity index (χ1v) is 10.4. The van der Waals surface area contributed by atoms with Gasteiger partial charge in [-0.2, -0.15) is 13.2 Å². The van der Waals surface area contributed by atoms with Crippen molar-refractivity contribution in [1.29, 1.82) is 0 Å². The summed E-state index contributed by atoms with van der Waals surface area (Å²) in [6, 6.07) is 8.07. The van der Waals surface area contributed by atoms with Gasteiger partial charge in [0.15, 0.2) is 16.7 Å². The van der Waals surface area contributed by atoms with Gasteiger partial charge in [0, 0.05) is 12.3 Å². The van der Waals surface area contributed by atoms with Crippen molar-refractivity contribution in [3.05, 3.63) is 64.2 Å². The van der Waals surface area contributed by atoms with Gasteiger partial charge in [0.05, 0.1) is 16.1 Å². The first kappa shape index (κ1) is 20.9. The summed E-state index contributed by atoms with van der Waals surface area (Å²) >= 11 is 2.37. The van der Waals surface area contributed by atoms with Crippen molar-refractivity contribution in [3.63, 3.8) is 0 Å². The van der Waals surface area contributed by atoms with Crippen LogP contribution < -0.4 is 5.32 Å². The first-order valence-electron chi connectivity index (χ1n) is 8.69. The van der Waals surface area contributed by atoms with Gasteiger partial charge >= 0.3 is 6.18 Å². The maximum atomic E-state index is 13.2. The van der Waals surface area contributed by atoms with Crippen molar-refractivity contribution in [2.45, 2.75) is 13.1 Å². The van der Waals surface area contributed by atoms with Crippen LogP contribution in [0.25, 0.3) is 16.4 Å². The van der Waals surface area contributed by atoms with Crippen LogP contribution in [0.4, 0.5) is 18.3 Å². The molecule has 0 fully saturated rings. The normalized spacial score (nSPS) is 11.5. The molecule has 7 nitrogen and oxygen atoms in total. The maximum absolute atomic E-state index is 13.2. The van der Waals surface area contributed by atoms with Gasteiger partial charge in [0.1, 0.15) is 5.69 Å². The number of ketones is 1. The Morgan fingerprint density at radius 3 is 2.55 bits per heavy atom. The molecule has 1 N–H and O–H groups in total. The number of benzene rings is 1. The van der Waals surface area contributed by atoms with E-state index >= 15 is 0 Å². The molecule has 0 aliphatic carbocycles. The number of thiazole rings is 1. The molecule has 0 saturated heterocycles. The number of carbonyl (C=O) groups excluding carboxylic acids is 2. The van der Waals surface area contributed by atoms with Gasteiger partial charge in [-0.1, -0.05) is 12.1 Å². The van der Waals surface area contributed by atoms with Gasteiger partial charge in [-0.05, 0) is 29.6 Å². The second-order valence-corrected chi connectivity index (χ2v) is 8.05. The van der Waals surface area contributed by atoms with Gasteiger partial charge in [-0.3, -0.25) is 14.9 Å². The second-order valence-electron chi connectivity index (χ2n) is 6.24. The highest BCUT2D eigenvalue weighted by Gasteiger charge is 2.31. The number of aromatic nitrogens is 4. The lowest BCUT2D eigenvalue weighted by Gasteiger charge is -2.09. The van der Waals surface area contributed by atoms with E-state index < -0.39 is 17.6 Å². The third-order valence-electron chi connectivity index (χ3n) is 4.06. The van der Waals surface area contributed by atoms with E-state index in [4.69, 9.17) is 0 Å². The number of nitrogens with zero attached hydrogens (tertiary/aromatic N) is 4. The molecule has 0 radical (unpaired) electrons. The van der Waals surface area contributed by atoms with Gasteiger partial charge < -0.3 is 0 Å². The van der Waals surface area contributed by atoms with Crippen molar-refractivity contribution in [2.75, 3.05) is 5.32 Å². The zero-order valence-corrected chi connectivity index (χ0v) is 17.3. The Kier molecular flexibility index (Phi) is 5.41. The number of hydrogen-bond donors (Lipinski definition) is 1. The largest absolute Gasteiger partial charge is 0.416 e. The molecule has 1 amide bonds. The van der Waals surface area contributed by atoms with E-state index in [1.54, 1.807) is 17.5 Å². The molecule has 12 heteroatoms. The molecule has 158 valence electrons. The smallest absolute Gasteiger partial charge is 0.295 e. The lowest BCUT2D eigenvalue weighted by molar-refractivity contribution is -0.137. The van der Waals surface area contributed by atoms with E-state index in [0.717, 1.165) is 23.5 Å². The van der Waals surface area contributed by atoms with Crippen LogP contribution in [-0.2, 0) is 6.18 Å². The zero-order chi connectivity index (χ0) is 22.2. The lowest BCUT2D eigenvalue weighted by Crippen LogP contribution is -2.14. The van der Waals surface area contributed by atoms with Crippen LogP contribution in [0.15, 0.2) is 47.2 Å². The van der Waals surface area contributed by atoms with E-state index in [9.17, 15) is 22.8 Å². The molecule has 0 aliphatic rings. The van der Waals surface area contributed by atoms with E-state index in [1.165, 1.54) is 40.5 Å². The second kappa shape index (κ2) is 8.04. The summed E-state index contributed by atoms with van der Waals surface area (Å²) in [6.45, 7) is 1.35. The minimum absolute atomic E-state index is 0.109. The van der Waals surface area contributed by atoms with Crippen molar-refractivity contribution in [3.8, 4) is 16.4 Å². The van der Waals surface area contributed by atoms with Crippen LogP contribution >= 0.6 is 22.7 Å². The number of nitrogens with one attached hydrogen (secondary N) is 1. The number of amides is 1. The Labute approximate surface area is 181 Å². The summed E-state index contributed by atoms with van der Waals surface area (Å²) in [5.74, 6) is -0.972. The van der Waals surface area contributed by atoms with Gasteiger partial charge in [-0.15, -0.1) is 27.8 Å². The quantitative estimate of drug-likeness (QED) is 0.424. The SMILES string of the molecule is CC(=O)c1csc(NC(=O)c2nc(-c3cccs3)n(-c3cccc(C(F)(F)F)c3)n2)n1. The number of halogens is 3. The molecule has 1 aromatic carbocycles. The molecule has 4 aromatic rings. The van der Waals surface area contributed by atoms with E-state index in [0.29, 0.717) is 4.88 Å². The topological polar surface area (TPSA) is 89.8 Å². The summed E-state index contributed by atoms with van der Waals surface area (Å²) in [7, 11) is 0. The Balaban J connectivity index is 1.72. The minimum atomic E-state index is -4.53. The van der Waals surface area contributed by atoms with E-state index in [-0.39, 0.29) is 33.9 Å². The Hall–Kier alpha value is -3.38. The molecule has 0 spiro atoms. The zero-order valence-electron chi connectivity index (χ0n) is 15.7. The van der Waals surface area contributed by atoms with E-state index in [2.05, 4.69) is 20.4 Å². The molecule has 4 rings (SSSR count). The van der Waals surface area contributed by atoms with Crippen molar-refractivity contribution < 1.29 is 22.8 Å². The Morgan fingerprint density at radius 2 is 1.90 bits per heavy atom. The highest BCUT2D eigenvalue weighted by Crippen LogP contribution is 2.32. The third-order valence-corrected chi connectivity index (χ3v) is 5.68. The molecular weight excluding hydrogens is 451 g/mol. The fourth-order valence-corrected chi connectivity index (χ4v) is 4.06. The molecule has 0 saturated carbocycles. The molecule has 0 bridgehead atoms. The highest BCUT2D eigenvalue weighted by molar-refractivity contribution is 7.14. The fraction of sp³-hybridized carbons (Fsp3) is 0.105. The molecule has 0 aliphatic heterocycles. The van der Waals surface area contributed by atoms with Crippen molar-refractivity contribution >= 4 is 39.5 Å². The average molecular weight is 463 g/mol. The van der Waals surface area contributed by atoms with Crippen LogP contribution in [0.2, 0.25) is 0 Å². The number of rotatable bonds is 5. The number of hydrogen-bond acceptors (Lipinski definition) is 7. The molecule has 31 heavy (non-hydrogen) atoms. The summed E-state index contributed by atoms with van der Waals surface area (Å²) in [4.78, 5) is 32.9. The Bertz CT molecular complexity index is 1260. The van der Waals surface area contributed by atoms with Crippen molar-refractivity contribution in [1.82, 2.24) is 19.7 Å². The molecule has 3 aromatic heterocycles. The van der Waals surface area contributed by atoms with Gasteiger partial charge in [0.2, 0.25) is 5.82 Å². The summed E-state index contributed by atoms with van der Waals surface area (Å²) < 4.78 is 40.7. The van der Waals surface area contributed by atoms with Crippen LogP contribution in [0, 0.1) is 0 Å². The maximum Gasteiger partial charge on any atom is 0.416 e. The number of thiophene rings is 1. The van der Waals surface area contributed by atoms with Crippen LogP contribution in [0.1, 0.15) is 33.6 Å². The lowest BCUT2D eigenvalue weighted by atomic mass is 10.2. The molecule has 0 unspecified atom stereocenters. The number of anilines is 1. The predicted molar refractivity (Wildman–Crippen MR) is 110 cm³/mol. The van der Waals surface area contributed by atoms with Gasteiger partial charge in [0.25, 0.3) is 5.91 Å².